The second kappa shape index (κ2) is 12.5. The van der Waals surface area contributed by atoms with Gasteiger partial charge in [-0.15, -0.1) is 0 Å². The predicted molar refractivity (Wildman–Crippen MR) is 217 cm³/mol. The molecule has 0 N–H and O–H groups in total. The van der Waals surface area contributed by atoms with E-state index in [1.165, 1.54) is 60.8 Å². The minimum atomic E-state index is 0.713. The summed E-state index contributed by atoms with van der Waals surface area (Å²) in [7, 11) is 0. The molecule has 0 unspecified atom stereocenters. The zero-order valence-electron chi connectivity index (χ0n) is 28.4. The summed E-state index contributed by atoms with van der Waals surface area (Å²) in [6.07, 6.45) is 0. The Hall–Kier alpha value is -6.90. The van der Waals surface area contributed by atoms with E-state index in [0.29, 0.717) is 5.82 Å². The van der Waals surface area contributed by atoms with Crippen LogP contribution < -0.4 is 0 Å². The maximum absolute atomic E-state index is 5.07. The minimum absolute atomic E-state index is 0.713. The Bertz CT molecular complexity index is 2720. The van der Waals surface area contributed by atoms with Crippen molar-refractivity contribution in [2.45, 2.75) is 0 Å². The second-order valence-electron chi connectivity index (χ2n) is 13.4. The fraction of sp³-hybridized carbons (Fsp3) is 0. The van der Waals surface area contributed by atoms with Crippen molar-refractivity contribution in [3.63, 3.8) is 0 Å². The first-order valence-corrected chi connectivity index (χ1v) is 17.7. The average molecular weight is 661 g/mol. The lowest BCUT2D eigenvalue weighted by Gasteiger charge is -2.12. The zero-order valence-corrected chi connectivity index (χ0v) is 28.4. The zero-order chi connectivity index (χ0) is 34.4. The lowest BCUT2D eigenvalue weighted by molar-refractivity contribution is 1.18. The average Bonchev–Trinajstić information content (AvgIpc) is 3.56. The molecule has 0 bridgehead atoms. The van der Waals surface area contributed by atoms with Gasteiger partial charge in [-0.1, -0.05) is 182 Å². The van der Waals surface area contributed by atoms with Crippen LogP contribution in [-0.4, -0.2) is 9.97 Å². The van der Waals surface area contributed by atoms with Gasteiger partial charge in [0.05, 0.1) is 11.4 Å². The van der Waals surface area contributed by atoms with Crippen LogP contribution in [0.2, 0.25) is 0 Å². The van der Waals surface area contributed by atoms with Gasteiger partial charge in [0, 0.05) is 16.7 Å². The van der Waals surface area contributed by atoms with Crippen molar-refractivity contribution in [2.24, 2.45) is 0 Å². The van der Waals surface area contributed by atoms with Gasteiger partial charge in [0.1, 0.15) is 0 Å². The predicted octanol–water partition coefficient (Wildman–Crippen LogP) is 13.3. The monoisotopic (exact) mass is 660 g/mol. The van der Waals surface area contributed by atoms with Crippen LogP contribution in [-0.2, 0) is 0 Å². The van der Waals surface area contributed by atoms with Gasteiger partial charge in [-0.25, -0.2) is 9.97 Å². The second-order valence-corrected chi connectivity index (χ2v) is 13.4. The van der Waals surface area contributed by atoms with Gasteiger partial charge < -0.3 is 0 Å². The molecule has 2 nitrogen and oxygen atoms in total. The quantitative estimate of drug-likeness (QED) is 0.177. The van der Waals surface area contributed by atoms with Crippen LogP contribution in [0.25, 0.3) is 100 Å². The van der Waals surface area contributed by atoms with Crippen molar-refractivity contribution in [1.82, 2.24) is 9.97 Å². The van der Waals surface area contributed by atoms with Crippen molar-refractivity contribution in [3.05, 3.63) is 194 Å². The van der Waals surface area contributed by atoms with Crippen LogP contribution in [0.3, 0.4) is 0 Å². The van der Waals surface area contributed by atoms with Crippen LogP contribution >= 0.6 is 0 Å². The maximum Gasteiger partial charge on any atom is 0.160 e. The van der Waals surface area contributed by atoms with Gasteiger partial charge in [-0.3, -0.25) is 0 Å². The molecule has 10 rings (SSSR count). The summed E-state index contributed by atoms with van der Waals surface area (Å²) in [5.41, 5.74) is 17.4. The van der Waals surface area contributed by atoms with E-state index < -0.39 is 0 Å². The van der Waals surface area contributed by atoms with E-state index in [1.807, 2.05) is 24.3 Å². The summed E-state index contributed by atoms with van der Waals surface area (Å²) in [6, 6.07) is 69.1. The molecule has 1 heterocycles. The SMILES string of the molecule is c1ccc(-c2cccc(-c3cc(-c4ccc(-c5ccc(-c6ccc7c8c(cccc68)-c6ccccc6-7)cc5)cc4)nc(-c4ccccc4)n3)c2)cc1. The molecule has 0 spiro atoms. The van der Waals surface area contributed by atoms with Gasteiger partial charge in [-0.05, 0) is 78.5 Å². The van der Waals surface area contributed by atoms with Crippen LogP contribution in [0.15, 0.2) is 194 Å². The van der Waals surface area contributed by atoms with Crippen molar-refractivity contribution in [3.8, 4) is 89.5 Å². The van der Waals surface area contributed by atoms with E-state index in [4.69, 9.17) is 9.97 Å². The van der Waals surface area contributed by atoms with E-state index in [2.05, 4.69) is 170 Å². The van der Waals surface area contributed by atoms with Crippen LogP contribution in [0.4, 0.5) is 0 Å². The lowest BCUT2D eigenvalue weighted by atomic mass is 9.93. The Balaban J connectivity index is 0.981. The molecule has 8 aromatic carbocycles. The Morgan fingerprint density at radius 1 is 0.250 bits per heavy atom. The molecule has 0 atom stereocenters. The number of benzene rings is 8. The highest BCUT2D eigenvalue weighted by molar-refractivity contribution is 6.18. The molecule has 0 radical (unpaired) electrons. The maximum atomic E-state index is 5.07. The number of hydrogen-bond donors (Lipinski definition) is 0. The number of hydrogen-bond acceptors (Lipinski definition) is 2. The van der Waals surface area contributed by atoms with Crippen molar-refractivity contribution < 1.29 is 0 Å². The molecule has 0 fully saturated rings. The summed E-state index contributed by atoms with van der Waals surface area (Å²) in [5, 5.41) is 2.65. The molecule has 0 amide bonds. The normalized spacial score (nSPS) is 11.5. The molecule has 1 aliphatic carbocycles. The number of aromatic nitrogens is 2. The Labute approximate surface area is 303 Å². The Morgan fingerprint density at radius 2 is 0.712 bits per heavy atom. The summed E-state index contributed by atoms with van der Waals surface area (Å²) >= 11 is 0. The smallest absolute Gasteiger partial charge is 0.160 e. The van der Waals surface area contributed by atoms with Crippen molar-refractivity contribution >= 4 is 10.8 Å². The summed E-state index contributed by atoms with van der Waals surface area (Å²) in [5.74, 6) is 0.713. The van der Waals surface area contributed by atoms with Crippen LogP contribution in [0.5, 0.6) is 0 Å². The fourth-order valence-corrected chi connectivity index (χ4v) is 7.68. The highest BCUT2D eigenvalue weighted by Gasteiger charge is 2.22. The first kappa shape index (κ1) is 30.0. The molecule has 52 heavy (non-hydrogen) atoms. The molecule has 9 aromatic rings. The molecule has 0 saturated heterocycles. The number of fused-ring (bicyclic) bond motifs is 3. The fourth-order valence-electron chi connectivity index (χ4n) is 7.68. The van der Waals surface area contributed by atoms with Crippen LogP contribution in [0, 0.1) is 0 Å². The van der Waals surface area contributed by atoms with Gasteiger partial charge in [0.25, 0.3) is 0 Å². The Kier molecular flexibility index (Phi) is 7.18. The summed E-state index contributed by atoms with van der Waals surface area (Å²) in [4.78, 5) is 10.1. The highest BCUT2D eigenvalue weighted by Crippen LogP contribution is 2.49. The molecule has 1 aliphatic rings. The molecule has 2 heteroatoms. The van der Waals surface area contributed by atoms with Gasteiger partial charge in [0.2, 0.25) is 0 Å². The van der Waals surface area contributed by atoms with Gasteiger partial charge >= 0.3 is 0 Å². The number of nitrogens with zero attached hydrogens (tertiary/aromatic N) is 2. The largest absolute Gasteiger partial charge is 0.228 e. The minimum Gasteiger partial charge on any atom is -0.228 e. The third-order valence-electron chi connectivity index (χ3n) is 10.3. The summed E-state index contributed by atoms with van der Waals surface area (Å²) in [6.45, 7) is 0. The standard InChI is InChI=1S/C50H32N2/c1-3-11-33(12-4-1)39-15-9-16-40(31-39)48-32-47(51-50(52-48)38-13-5-2-6-14-38)37-27-23-35(24-28-37)34-21-25-36(26-22-34)41-29-30-46-43-18-8-7-17-42(43)45-20-10-19-44(41)49(45)46/h1-32H. The van der Waals surface area contributed by atoms with E-state index in [0.717, 1.165) is 33.6 Å². The van der Waals surface area contributed by atoms with Gasteiger partial charge in [-0.2, -0.15) is 0 Å². The number of rotatable bonds is 6. The topological polar surface area (TPSA) is 25.8 Å². The first-order valence-electron chi connectivity index (χ1n) is 17.7. The van der Waals surface area contributed by atoms with Crippen molar-refractivity contribution in [1.29, 1.82) is 0 Å². The molecular weight excluding hydrogens is 629 g/mol. The first-order chi connectivity index (χ1) is 25.8. The van der Waals surface area contributed by atoms with Gasteiger partial charge in [0.15, 0.2) is 5.82 Å². The molecule has 242 valence electrons. The summed E-state index contributed by atoms with van der Waals surface area (Å²) < 4.78 is 0. The molecule has 0 saturated carbocycles. The van der Waals surface area contributed by atoms with Crippen LogP contribution in [0.1, 0.15) is 0 Å². The molecule has 1 aromatic heterocycles. The Morgan fingerprint density at radius 3 is 1.40 bits per heavy atom. The highest BCUT2D eigenvalue weighted by atomic mass is 14.9. The van der Waals surface area contributed by atoms with E-state index >= 15 is 0 Å². The van der Waals surface area contributed by atoms with E-state index in [1.54, 1.807) is 0 Å². The third kappa shape index (κ3) is 5.21. The van der Waals surface area contributed by atoms with E-state index in [-0.39, 0.29) is 0 Å². The lowest BCUT2D eigenvalue weighted by Crippen LogP contribution is -1.96. The third-order valence-corrected chi connectivity index (χ3v) is 10.3. The molecular formula is C50H32N2. The van der Waals surface area contributed by atoms with Crippen molar-refractivity contribution in [2.75, 3.05) is 0 Å². The molecule has 0 aliphatic heterocycles. The van der Waals surface area contributed by atoms with E-state index in [9.17, 15) is 0 Å².